The summed E-state index contributed by atoms with van der Waals surface area (Å²) in [7, 11) is 0. The monoisotopic (exact) mass is 115 g/mol. The topological polar surface area (TPSA) is 46.2 Å². The number of nitrogens with two attached hydrogens (primary N) is 1. The Bertz CT molecular complexity index is 66.2. The summed E-state index contributed by atoms with van der Waals surface area (Å²) in [5, 5.41) is 8.45. The second-order valence-electron chi connectivity index (χ2n) is 2.61. The smallest absolute Gasteiger partial charge is 0.0433 e. The SMILES string of the molecule is N[C@H]1C[C@H](CCO)C1. The molecule has 1 fully saturated rings. The Morgan fingerprint density at radius 2 is 2.12 bits per heavy atom. The van der Waals surface area contributed by atoms with Crippen LogP contribution in [0.25, 0.3) is 0 Å². The fourth-order valence-electron chi connectivity index (χ4n) is 1.21. The molecule has 2 nitrogen and oxygen atoms in total. The standard InChI is InChI=1S/C6H13NO/c7-6-3-5(4-6)1-2-8/h5-6,8H,1-4,7H2/t5-,6-. The highest BCUT2D eigenvalue weighted by atomic mass is 16.3. The van der Waals surface area contributed by atoms with Gasteiger partial charge in [-0.05, 0) is 25.2 Å². The minimum absolute atomic E-state index is 0.331. The summed E-state index contributed by atoms with van der Waals surface area (Å²) in [6.07, 6.45) is 3.20. The molecule has 0 bridgehead atoms. The molecule has 0 atom stereocenters. The highest BCUT2D eigenvalue weighted by molar-refractivity contribution is 4.81. The summed E-state index contributed by atoms with van der Waals surface area (Å²) in [6, 6.07) is 0.437. The second-order valence-corrected chi connectivity index (χ2v) is 2.61. The van der Waals surface area contributed by atoms with E-state index in [2.05, 4.69) is 0 Å². The summed E-state index contributed by atoms with van der Waals surface area (Å²) < 4.78 is 0. The van der Waals surface area contributed by atoms with E-state index in [0.717, 1.165) is 25.2 Å². The quantitative estimate of drug-likeness (QED) is 0.536. The van der Waals surface area contributed by atoms with Crippen LogP contribution in [0.1, 0.15) is 19.3 Å². The Balaban J connectivity index is 1.98. The minimum atomic E-state index is 0.331. The van der Waals surface area contributed by atoms with Gasteiger partial charge < -0.3 is 10.8 Å². The van der Waals surface area contributed by atoms with Gasteiger partial charge in [-0.3, -0.25) is 0 Å². The average molecular weight is 115 g/mol. The van der Waals surface area contributed by atoms with Gasteiger partial charge in [-0.15, -0.1) is 0 Å². The molecule has 3 N–H and O–H groups in total. The first-order valence-corrected chi connectivity index (χ1v) is 3.19. The predicted molar refractivity (Wildman–Crippen MR) is 32.4 cm³/mol. The van der Waals surface area contributed by atoms with Crippen LogP contribution in [0.15, 0.2) is 0 Å². The van der Waals surface area contributed by atoms with E-state index in [1.165, 1.54) is 0 Å². The number of rotatable bonds is 2. The summed E-state index contributed by atoms with van der Waals surface area (Å²) in [4.78, 5) is 0. The maximum Gasteiger partial charge on any atom is 0.0433 e. The summed E-state index contributed by atoms with van der Waals surface area (Å²) in [6.45, 7) is 0.331. The Morgan fingerprint density at radius 3 is 2.50 bits per heavy atom. The predicted octanol–water partition coefficient (Wildman–Crippen LogP) is 0.106. The molecule has 1 rings (SSSR count). The largest absolute Gasteiger partial charge is 0.396 e. The second kappa shape index (κ2) is 2.46. The third kappa shape index (κ3) is 1.20. The molecule has 0 aliphatic heterocycles. The third-order valence-corrected chi connectivity index (χ3v) is 1.81. The molecule has 0 aromatic carbocycles. The Morgan fingerprint density at radius 1 is 1.50 bits per heavy atom. The fourth-order valence-corrected chi connectivity index (χ4v) is 1.21. The third-order valence-electron chi connectivity index (χ3n) is 1.81. The van der Waals surface area contributed by atoms with Gasteiger partial charge >= 0.3 is 0 Å². The lowest BCUT2D eigenvalue weighted by Crippen LogP contribution is -2.36. The van der Waals surface area contributed by atoms with E-state index >= 15 is 0 Å². The van der Waals surface area contributed by atoms with Crippen LogP contribution >= 0.6 is 0 Å². The fraction of sp³-hybridized carbons (Fsp3) is 1.00. The Hall–Kier alpha value is -0.0800. The summed E-state index contributed by atoms with van der Waals surface area (Å²) in [5.74, 6) is 0.731. The molecule has 48 valence electrons. The van der Waals surface area contributed by atoms with Crippen molar-refractivity contribution in [3.63, 3.8) is 0 Å². The normalized spacial score (nSPS) is 36.8. The van der Waals surface area contributed by atoms with Crippen molar-refractivity contribution in [2.45, 2.75) is 25.3 Å². The molecule has 0 radical (unpaired) electrons. The molecule has 2 heteroatoms. The highest BCUT2D eigenvalue weighted by Gasteiger charge is 2.24. The molecular formula is C6H13NO. The molecule has 0 saturated heterocycles. The van der Waals surface area contributed by atoms with Gasteiger partial charge in [-0.2, -0.15) is 0 Å². The van der Waals surface area contributed by atoms with E-state index in [0.29, 0.717) is 12.6 Å². The van der Waals surface area contributed by atoms with Crippen LogP contribution in [0.5, 0.6) is 0 Å². The maximum absolute atomic E-state index is 8.45. The van der Waals surface area contributed by atoms with Crippen molar-refractivity contribution in [1.29, 1.82) is 0 Å². The maximum atomic E-state index is 8.45. The molecule has 0 heterocycles. The van der Waals surface area contributed by atoms with Crippen molar-refractivity contribution in [2.24, 2.45) is 11.7 Å². The van der Waals surface area contributed by atoms with Crippen molar-refractivity contribution in [1.82, 2.24) is 0 Å². The van der Waals surface area contributed by atoms with Gasteiger partial charge in [0.1, 0.15) is 0 Å². The summed E-state index contributed by atoms with van der Waals surface area (Å²) >= 11 is 0. The van der Waals surface area contributed by atoms with Crippen molar-refractivity contribution in [3.8, 4) is 0 Å². The van der Waals surface area contributed by atoms with Gasteiger partial charge in [0, 0.05) is 12.6 Å². The van der Waals surface area contributed by atoms with Crippen LogP contribution < -0.4 is 5.73 Å². The van der Waals surface area contributed by atoms with E-state index in [-0.39, 0.29) is 0 Å². The van der Waals surface area contributed by atoms with Crippen molar-refractivity contribution in [3.05, 3.63) is 0 Å². The van der Waals surface area contributed by atoms with E-state index in [4.69, 9.17) is 10.8 Å². The van der Waals surface area contributed by atoms with Crippen LogP contribution in [0.3, 0.4) is 0 Å². The molecule has 1 saturated carbocycles. The lowest BCUT2D eigenvalue weighted by atomic mass is 9.79. The van der Waals surface area contributed by atoms with E-state index < -0.39 is 0 Å². The van der Waals surface area contributed by atoms with Crippen LogP contribution in [-0.4, -0.2) is 17.8 Å². The summed E-state index contributed by atoms with van der Waals surface area (Å²) in [5.41, 5.74) is 5.52. The Kier molecular flexibility index (Phi) is 1.86. The lowest BCUT2D eigenvalue weighted by Gasteiger charge is -2.31. The number of aliphatic hydroxyl groups is 1. The zero-order valence-corrected chi connectivity index (χ0v) is 5.01. The van der Waals surface area contributed by atoms with Crippen molar-refractivity contribution >= 4 is 0 Å². The molecule has 0 aromatic heterocycles. The van der Waals surface area contributed by atoms with E-state index in [1.54, 1.807) is 0 Å². The minimum Gasteiger partial charge on any atom is -0.396 e. The molecule has 1 aliphatic rings. The van der Waals surface area contributed by atoms with E-state index in [9.17, 15) is 0 Å². The first kappa shape index (κ1) is 6.05. The zero-order chi connectivity index (χ0) is 5.98. The molecule has 1 aliphatic carbocycles. The Labute approximate surface area is 49.7 Å². The number of hydrogen-bond donors (Lipinski definition) is 2. The highest BCUT2D eigenvalue weighted by Crippen LogP contribution is 2.27. The number of aliphatic hydroxyl groups excluding tert-OH is 1. The average Bonchev–Trinajstić information content (AvgIpc) is 1.64. The first-order valence-electron chi connectivity index (χ1n) is 3.19. The molecule has 8 heavy (non-hydrogen) atoms. The first-order chi connectivity index (χ1) is 3.83. The van der Waals surface area contributed by atoms with Crippen molar-refractivity contribution in [2.75, 3.05) is 6.61 Å². The van der Waals surface area contributed by atoms with Crippen LogP contribution in [0.2, 0.25) is 0 Å². The van der Waals surface area contributed by atoms with Crippen LogP contribution in [-0.2, 0) is 0 Å². The molecule has 0 spiro atoms. The van der Waals surface area contributed by atoms with Crippen LogP contribution in [0.4, 0.5) is 0 Å². The van der Waals surface area contributed by atoms with Gasteiger partial charge in [0.2, 0.25) is 0 Å². The van der Waals surface area contributed by atoms with Gasteiger partial charge in [0.05, 0.1) is 0 Å². The molecular weight excluding hydrogens is 102 g/mol. The lowest BCUT2D eigenvalue weighted by molar-refractivity contribution is 0.188. The van der Waals surface area contributed by atoms with Crippen LogP contribution in [0, 0.1) is 5.92 Å². The van der Waals surface area contributed by atoms with Crippen molar-refractivity contribution < 1.29 is 5.11 Å². The molecule has 0 amide bonds. The molecule has 0 unspecified atom stereocenters. The van der Waals surface area contributed by atoms with Gasteiger partial charge in [0.15, 0.2) is 0 Å². The zero-order valence-electron chi connectivity index (χ0n) is 5.01. The van der Waals surface area contributed by atoms with Gasteiger partial charge in [-0.25, -0.2) is 0 Å². The molecule has 0 aromatic rings. The number of hydrogen-bond acceptors (Lipinski definition) is 2. The van der Waals surface area contributed by atoms with Gasteiger partial charge in [-0.1, -0.05) is 0 Å². The van der Waals surface area contributed by atoms with E-state index in [1.807, 2.05) is 0 Å². The van der Waals surface area contributed by atoms with Gasteiger partial charge in [0.25, 0.3) is 0 Å².